The molecule has 1 fully saturated rings. The lowest BCUT2D eigenvalue weighted by Crippen LogP contribution is -2.25. The van der Waals surface area contributed by atoms with Crippen LogP contribution in [0.5, 0.6) is 0 Å². The molecule has 0 saturated carbocycles. The molecule has 2 N–H and O–H groups in total. The Balaban J connectivity index is 2.04. The summed E-state index contributed by atoms with van der Waals surface area (Å²) in [5, 5.41) is 7.57. The average Bonchev–Trinajstić information content (AvgIpc) is 2.69. The Hall–Kier alpha value is -1.26. The summed E-state index contributed by atoms with van der Waals surface area (Å²) >= 11 is 0. The van der Waals surface area contributed by atoms with Crippen LogP contribution >= 0.6 is 0 Å². The molecule has 5 nitrogen and oxygen atoms in total. The van der Waals surface area contributed by atoms with Gasteiger partial charge in [-0.25, -0.2) is 0 Å². The molecule has 84 valence electrons. The normalized spacial score (nSPS) is 22.3. The van der Waals surface area contributed by atoms with Gasteiger partial charge in [0.2, 0.25) is 0 Å². The second kappa shape index (κ2) is 3.40. The SMILES string of the molecule is CC(C)(C)C1CCN(c2nnc(N)o2)C1. The molecule has 5 heteroatoms. The highest BCUT2D eigenvalue weighted by molar-refractivity contribution is 5.29. The summed E-state index contributed by atoms with van der Waals surface area (Å²) in [4.78, 5) is 2.11. The second-order valence-corrected chi connectivity index (χ2v) is 5.22. The Morgan fingerprint density at radius 3 is 2.60 bits per heavy atom. The van der Waals surface area contributed by atoms with Crippen molar-refractivity contribution in [2.24, 2.45) is 11.3 Å². The van der Waals surface area contributed by atoms with Gasteiger partial charge in [-0.15, -0.1) is 0 Å². The van der Waals surface area contributed by atoms with E-state index in [9.17, 15) is 0 Å². The standard InChI is InChI=1S/C10H18N4O/c1-10(2,3)7-4-5-14(6-7)9-13-12-8(11)15-9/h7H,4-6H2,1-3H3,(H2,11,12). The fraction of sp³-hybridized carbons (Fsp3) is 0.800. The van der Waals surface area contributed by atoms with Crippen LogP contribution in [0.25, 0.3) is 0 Å². The largest absolute Gasteiger partial charge is 0.390 e. The summed E-state index contributed by atoms with van der Waals surface area (Å²) in [5.41, 5.74) is 5.73. The van der Waals surface area contributed by atoms with E-state index < -0.39 is 0 Å². The first-order chi connectivity index (χ1) is 6.97. The van der Waals surface area contributed by atoms with Gasteiger partial charge < -0.3 is 15.1 Å². The van der Waals surface area contributed by atoms with Crippen LogP contribution in [0.15, 0.2) is 4.42 Å². The molecule has 1 aromatic rings. The van der Waals surface area contributed by atoms with Gasteiger partial charge >= 0.3 is 12.0 Å². The molecule has 0 aromatic carbocycles. The number of hydrogen-bond acceptors (Lipinski definition) is 5. The number of anilines is 2. The Bertz CT molecular complexity index is 341. The molecule has 1 aromatic heterocycles. The highest BCUT2D eigenvalue weighted by Crippen LogP contribution is 2.35. The first-order valence-corrected chi connectivity index (χ1v) is 5.31. The van der Waals surface area contributed by atoms with E-state index in [1.54, 1.807) is 0 Å². The molecule has 1 atom stereocenters. The van der Waals surface area contributed by atoms with Crippen LogP contribution in [-0.2, 0) is 0 Å². The van der Waals surface area contributed by atoms with Crippen molar-refractivity contribution >= 4 is 12.0 Å². The van der Waals surface area contributed by atoms with Crippen LogP contribution in [0, 0.1) is 11.3 Å². The van der Waals surface area contributed by atoms with Crippen LogP contribution in [0.3, 0.4) is 0 Å². The summed E-state index contributed by atoms with van der Waals surface area (Å²) < 4.78 is 5.21. The minimum absolute atomic E-state index is 0.143. The molecule has 1 unspecified atom stereocenters. The third-order valence-corrected chi connectivity index (χ3v) is 3.11. The lowest BCUT2D eigenvalue weighted by atomic mass is 9.80. The molecule has 0 spiro atoms. The Labute approximate surface area is 89.6 Å². The maximum Gasteiger partial charge on any atom is 0.319 e. The predicted octanol–water partition coefficient (Wildman–Crippen LogP) is 1.52. The quantitative estimate of drug-likeness (QED) is 0.761. The fourth-order valence-electron chi connectivity index (χ4n) is 2.00. The first kappa shape index (κ1) is 10.3. The minimum Gasteiger partial charge on any atom is -0.390 e. The van der Waals surface area contributed by atoms with E-state index in [1.165, 1.54) is 6.42 Å². The summed E-state index contributed by atoms with van der Waals surface area (Å²) in [5.74, 6) is 0.672. The number of nitrogen functional groups attached to an aromatic ring is 1. The molecule has 2 heterocycles. The molecule has 1 aliphatic heterocycles. The van der Waals surface area contributed by atoms with E-state index in [1.807, 2.05) is 0 Å². The smallest absolute Gasteiger partial charge is 0.319 e. The van der Waals surface area contributed by atoms with Gasteiger partial charge in [0, 0.05) is 13.1 Å². The minimum atomic E-state index is 0.143. The number of nitrogens with zero attached hydrogens (tertiary/aromatic N) is 3. The molecule has 0 amide bonds. The van der Waals surface area contributed by atoms with Crippen LogP contribution < -0.4 is 10.6 Å². The zero-order valence-corrected chi connectivity index (χ0v) is 9.53. The second-order valence-electron chi connectivity index (χ2n) is 5.22. The van der Waals surface area contributed by atoms with E-state index >= 15 is 0 Å². The summed E-state index contributed by atoms with van der Waals surface area (Å²) in [6, 6.07) is 0.698. The lowest BCUT2D eigenvalue weighted by Gasteiger charge is -2.26. The van der Waals surface area contributed by atoms with Crippen molar-refractivity contribution in [3.8, 4) is 0 Å². The van der Waals surface area contributed by atoms with Crippen molar-refractivity contribution in [1.82, 2.24) is 10.2 Å². The highest BCUT2D eigenvalue weighted by Gasteiger charge is 2.33. The monoisotopic (exact) mass is 210 g/mol. The number of aromatic nitrogens is 2. The van der Waals surface area contributed by atoms with Gasteiger partial charge in [-0.3, -0.25) is 0 Å². The molecule has 2 rings (SSSR count). The van der Waals surface area contributed by atoms with Gasteiger partial charge in [0.25, 0.3) is 0 Å². The summed E-state index contributed by atoms with van der Waals surface area (Å²) in [7, 11) is 0. The Morgan fingerprint density at radius 2 is 2.13 bits per heavy atom. The van der Waals surface area contributed by atoms with Gasteiger partial charge in [0.15, 0.2) is 0 Å². The van der Waals surface area contributed by atoms with Crippen LogP contribution in [0.1, 0.15) is 27.2 Å². The molecular formula is C10H18N4O. The van der Waals surface area contributed by atoms with Crippen molar-refractivity contribution in [2.75, 3.05) is 23.7 Å². The van der Waals surface area contributed by atoms with Crippen LogP contribution in [0.4, 0.5) is 12.0 Å². The van der Waals surface area contributed by atoms with Gasteiger partial charge in [-0.05, 0) is 17.8 Å². The van der Waals surface area contributed by atoms with Crippen LogP contribution in [-0.4, -0.2) is 23.3 Å². The molecule has 0 aliphatic carbocycles. The fourth-order valence-corrected chi connectivity index (χ4v) is 2.00. The molecule has 0 radical (unpaired) electrons. The van der Waals surface area contributed by atoms with E-state index in [2.05, 4.69) is 35.9 Å². The molecule has 1 aliphatic rings. The van der Waals surface area contributed by atoms with Crippen molar-refractivity contribution in [3.05, 3.63) is 0 Å². The number of nitrogens with two attached hydrogens (primary N) is 1. The van der Waals surface area contributed by atoms with Crippen molar-refractivity contribution < 1.29 is 4.42 Å². The first-order valence-electron chi connectivity index (χ1n) is 5.31. The maximum absolute atomic E-state index is 5.40. The summed E-state index contributed by atoms with van der Waals surface area (Å²) in [6.45, 7) is 8.75. The van der Waals surface area contributed by atoms with Crippen molar-refractivity contribution in [1.29, 1.82) is 0 Å². The highest BCUT2D eigenvalue weighted by atomic mass is 16.4. The molecular weight excluding hydrogens is 192 g/mol. The van der Waals surface area contributed by atoms with Gasteiger partial charge in [0.05, 0.1) is 0 Å². The summed E-state index contributed by atoms with van der Waals surface area (Å²) in [6.07, 6.45) is 1.17. The van der Waals surface area contributed by atoms with E-state index in [0.29, 0.717) is 17.3 Å². The van der Waals surface area contributed by atoms with Gasteiger partial charge in [0.1, 0.15) is 0 Å². The van der Waals surface area contributed by atoms with E-state index in [0.717, 1.165) is 13.1 Å². The third kappa shape index (κ3) is 2.06. The van der Waals surface area contributed by atoms with E-state index in [4.69, 9.17) is 10.2 Å². The van der Waals surface area contributed by atoms with Gasteiger partial charge in [-0.1, -0.05) is 31.0 Å². The maximum atomic E-state index is 5.40. The zero-order valence-electron chi connectivity index (χ0n) is 9.53. The van der Waals surface area contributed by atoms with E-state index in [-0.39, 0.29) is 6.01 Å². The topological polar surface area (TPSA) is 68.2 Å². The number of hydrogen-bond donors (Lipinski definition) is 1. The molecule has 15 heavy (non-hydrogen) atoms. The Morgan fingerprint density at radius 1 is 1.40 bits per heavy atom. The molecule has 0 bridgehead atoms. The van der Waals surface area contributed by atoms with Gasteiger partial charge in [-0.2, -0.15) is 0 Å². The third-order valence-electron chi connectivity index (χ3n) is 3.11. The molecule has 1 saturated heterocycles. The average molecular weight is 210 g/mol. The predicted molar refractivity (Wildman–Crippen MR) is 58.5 cm³/mol. The lowest BCUT2D eigenvalue weighted by molar-refractivity contribution is 0.263. The number of rotatable bonds is 1. The zero-order chi connectivity index (χ0) is 11.1. The van der Waals surface area contributed by atoms with Crippen molar-refractivity contribution in [3.63, 3.8) is 0 Å². The van der Waals surface area contributed by atoms with Crippen molar-refractivity contribution in [2.45, 2.75) is 27.2 Å². The Kier molecular flexibility index (Phi) is 2.32. The van der Waals surface area contributed by atoms with Crippen LogP contribution in [0.2, 0.25) is 0 Å².